The molecule has 4 nitrogen and oxygen atoms in total. The number of hydrogen-bond acceptors (Lipinski definition) is 2. The van der Waals surface area contributed by atoms with Gasteiger partial charge in [-0.05, 0) is 11.5 Å². The van der Waals surface area contributed by atoms with E-state index in [4.69, 9.17) is 0 Å². The van der Waals surface area contributed by atoms with E-state index in [9.17, 15) is 22.8 Å². The number of hydrogen-bond donors (Lipinski definition) is 1. The molecule has 1 aliphatic heterocycles. The van der Waals surface area contributed by atoms with Crippen LogP contribution in [0.1, 0.15) is 24.8 Å². The maximum atomic E-state index is 12.4. The van der Waals surface area contributed by atoms with Gasteiger partial charge in [0.15, 0.2) is 0 Å². The van der Waals surface area contributed by atoms with Crippen molar-refractivity contribution in [2.24, 2.45) is 5.92 Å². The number of alkyl halides is 3. The number of carbonyl (C=O) groups excluding carboxylic acids is 2. The summed E-state index contributed by atoms with van der Waals surface area (Å²) in [4.78, 5) is 24.3. The smallest absolute Gasteiger partial charge is 0.355 e. The summed E-state index contributed by atoms with van der Waals surface area (Å²) >= 11 is 0. The third kappa shape index (κ3) is 4.97. The van der Waals surface area contributed by atoms with Crippen LogP contribution in [0.5, 0.6) is 0 Å². The summed E-state index contributed by atoms with van der Waals surface area (Å²) in [5.41, 5.74) is 1.06. The summed E-state index contributed by atoms with van der Waals surface area (Å²) in [7, 11) is 0. The van der Waals surface area contributed by atoms with Crippen molar-refractivity contribution >= 4 is 11.8 Å². The van der Waals surface area contributed by atoms with Crippen LogP contribution in [-0.4, -0.2) is 42.5 Å². The highest BCUT2D eigenvalue weighted by molar-refractivity contribution is 5.89. The number of halogens is 3. The molecule has 0 bridgehead atoms. The van der Waals surface area contributed by atoms with Gasteiger partial charge in [-0.15, -0.1) is 0 Å². The van der Waals surface area contributed by atoms with Crippen LogP contribution in [0, 0.1) is 5.92 Å². The molecule has 2 amide bonds. The van der Waals surface area contributed by atoms with Crippen molar-refractivity contribution in [3.63, 3.8) is 0 Å². The standard InChI is InChI=1S/C16H19F3N2O2/c1-11(12-5-3-2-4-6-12)8-20-15(23)13-7-14(22)21(9-13)10-16(17,18)19/h2-6,11,13H,7-10H2,1H3,(H,20,23)/t11-,13+/m0/s1. The lowest BCUT2D eigenvalue weighted by Crippen LogP contribution is -2.37. The van der Waals surface area contributed by atoms with E-state index in [-0.39, 0.29) is 24.8 Å². The third-order valence-corrected chi connectivity index (χ3v) is 3.91. The zero-order chi connectivity index (χ0) is 17.0. The van der Waals surface area contributed by atoms with Gasteiger partial charge >= 0.3 is 6.18 Å². The Labute approximate surface area is 132 Å². The second-order valence-corrected chi connectivity index (χ2v) is 5.85. The maximum Gasteiger partial charge on any atom is 0.406 e. The van der Waals surface area contributed by atoms with Gasteiger partial charge in [0.1, 0.15) is 6.54 Å². The summed E-state index contributed by atoms with van der Waals surface area (Å²) < 4.78 is 37.1. The monoisotopic (exact) mass is 328 g/mol. The van der Waals surface area contributed by atoms with Crippen LogP contribution >= 0.6 is 0 Å². The summed E-state index contributed by atoms with van der Waals surface area (Å²) in [5, 5.41) is 2.73. The first-order valence-corrected chi connectivity index (χ1v) is 7.43. The molecule has 1 heterocycles. The fraction of sp³-hybridized carbons (Fsp3) is 0.500. The number of amides is 2. The Morgan fingerprint density at radius 3 is 2.61 bits per heavy atom. The lowest BCUT2D eigenvalue weighted by atomic mass is 10.0. The molecule has 1 aliphatic rings. The SMILES string of the molecule is C[C@@H](CNC(=O)[C@@H]1CC(=O)N(CC(F)(F)F)C1)c1ccccc1. The van der Waals surface area contributed by atoms with Crippen LogP contribution in [0.4, 0.5) is 13.2 Å². The van der Waals surface area contributed by atoms with Gasteiger partial charge in [-0.3, -0.25) is 9.59 Å². The van der Waals surface area contributed by atoms with Gasteiger partial charge in [-0.1, -0.05) is 37.3 Å². The molecule has 1 N–H and O–H groups in total. The number of carbonyl (C=O) groups is 2. The minimum atomic E-state index is -4.44. The maximum absolute atomic E-state index is 12.4. The fourth-order valence-electron chi connectivity index (χ4n) is 2.61. The van der Waals surface area contributed by atoms with Gasteiger partial charge < -0.3 is 10.2 Å². The predicted molar refractivity (Wildman–Crippen MR) is 78.6 cm³/mol. The van der Waals surface area contributed by atoms with Crippen LogP contribution in [0.25, 0.3) is 0 Å². The number of likely N-dealkylation sites (tertiary alicyclic amines) is 1. The Morgan fingerprint density at radius 1 is 1.35 bits per heavy atom. The molecule has 0 aromatic heterocycles. The predicted octanol–water partition coefficient (Wildman–Crippen LogP) is 2.32. The van der Waals surface area contributed by atoms with Crippen LogP contribution in [0.2, 0.25) is 0 Å². The van der Waals surface area contributed by atoms with E-state index in [1.807, 2.05) is 37.3 Å². The first-order valence-electron chi connectivity index (χ1n) is 7.43. The number of nitrogens with zero attached hydrogens (tertiary/aromatic N) is 1. The highest BCUT2D eigenvalue weighted by atomic mass is 19.4. The largest absolute Gasteiger partial charge is 0.406 e. The molecule has 0 radical (unpaired) electrons. The minimum Gasteiger partial charge on any atom is -0.355 e. The number of benzene rings is 1. The quantitative estimate of drug-likeness (QED) is 0.902. The lowest BCUT2D eigenvalue weighted by Gasteiger charge is -2.18. The Balaban J connectivity index is 1.84. The average Bonchev–Trinajstić information content (AvgIpc) is 2.84. The summed E-state index contributed by atoms with van der Waals surface area (Å²) in [5.74, 6) is -1.62. The minimum absolute atomic E-state index is 0.0866. The zero-order valence-corrected chi connectivity index (χ0v) is 12.8. The average molecular weight is 328 g/mol. The molecule has 1 saturated heterocycles. The van der Waals surface area contributed by atoms with Gasteiger partial charge in [0.2, 0.25) is 11.8 Å². The van der Waals surface area contributed by atoms with E-state index in [0.717, 1.165) is 5.56 Å². The number of nitrogens with one attached hydrogen (secondary N) is 1. The molecule has 23 heavy (non-hydrogen) atoms. The van der Waals surface area contributed by atoms with Gasteiger partial charge in [-0.2, -0.15) is 13.2 Å². The molecule has 0 spiro atoms. The summed E-state index contributed by atoms with van der Waals surface area (Å²) in [6, 6.07) is 9.59. The van der Waals surface area contributed by atoms with Crippen molar-refractivity contribution < 1.29 is 22.8 Å². The molecular formula is C16H19F3N2O2. The third-order valence-electron chi connectivity index (χ3n) is 3.91. The summed E-state index contributed by atoms with van der Waals surface area (Å²) in [6.45, 7) is 0.859. The van der Waals surface area contributed by atoms with E-state index < -0.39 is 24.5 Å². The van der Waals surface area contributed by atoms with E-state index in [2.05, 4.69) is 5.32 Å². The van der Waals surface area contributed by atoms with Crippen molar-refractivity contribution in [3.8, 4) is 0 Å². The van der Waals surface area contributed by atoms with Crippen molar-refractivity contribution in [1.82, 2.24) is 10.2 Å². The van der Waals surface area contributed by atoms with E-state index >= 15 is 0 Å². The van der Waals surface area contributed by atoms with Crippen molar-refractivity contribution in [2.75, 3.05) is 19.6 Å². The Hall–Kier alpha value is -2.05. The molecule has 2 atom stereocenters. The van der Waals surface area contributed by atoms with Gasteiger partial charge in [-0.25, -0.2) is 0 Å². The van der Waals surface area contributed by atoms with E-state index in [1.54, 1.807) is 0 Å². The van der Waals surface area contributed by atoms with Gasteiger partial charge in [0.25, 0.3) is 0 Å². The van der Waals surface area contributed by atoms with Crippen LogP contribution in [0.3, 0.4) is 0 Å². The topological polar surface area (TPSA) is 49.4 Å². The Morgan fingerprint density at radius 2 is 2.00 bits per heavy atom. The van der Waals surface area contributed by atoms with Crippen molar-refractivity contribution in [1.29, 1.82) is 0 Å². The first kappa shape index (κ1) is 17.3. The zero-order valence-electron chi connectivity index (χ0n) is 12.8. The van der Waals surface area contributed by atoms with Crippen LogP contribution < -0.4 is 5.32 Å². The highest BCUT2D eigenvalue weighted by Gasteiger charge is 2.40. The molecule has 7 heteroatoms. The molecular weight excluding hydrogens is 309 g/mol. The second-order valence-electron chi connectivity index (χ2n) is 5.85. The normalized spacial score (nSPS) is 19.7. The van der Waals surface area contributed by atoms with Crippen molar-refractivity contribution in [2.45, 2.75) is 25.4 Å². The molecule has 1 aromatic rings. The van der Waals surface area contributed by atoms with E-state index in [1.165, 1.54) is 0 Å². The highest BCUT2D eigenvalue weighted by Crippen LogP contribution is 2.24. The molecule has 0 unspecified atom stereocenters. The van der Waals surface area contributed by atoms with Gasteiger partial charge in [0.05, 0.1) is 5.92 Å². The molecule has 0 saturated carbocycles. The second kappa shape index (κ2) is 7.02. The molecule has 0 aliphatic carbocycles. The Kier molecular flexibility index (Phi) is 5.28. The molecule has 1 fully saturated rings. The fourth-order valence-corrected chi connectivity index (χ4v) is 2.61. The van der Waals surface area contributed by atoms with Crippen LogP contribution in [0.15, 0.2) is 30.3 Å². The van der Waals surface area contributed by atoms with Crippen molar-refractivity contribution in [3.05, 3.63) is 35.9 Å². The first-order chi connectivity index (χ1) is 10.8. The molecule has 2 rings (SSSR count). The van der Waals surface area contributed by atoms with Gasteiger partial charge in [0, 0.05) is 19.5 Å². The van der Waals surface area contributed by atoms with E-state index in [0.29, 0.717) is 11.4 Å². The Bertz CT molecular complexity index is 560. The van der Waals surface area contributed by atoms with Crippen LogP contribution in [-0.2, 0) is 9.59 Å². The molecule has 1 aromatic carbocycles. The number of rotatable bonds is 5. The summed E-state index contributed by atoms with van der Waals surface area (Å²) in [6.07, 6.45) is -4.61. The molecule has 126 valence electrons. The lowest BCUT2D eigenvalue weighted by molar-refractivity contribution is -0.157.